The number of carbonyl (C=O) groups excluding carboxylic acids is 1. The van der Waals surface area contributed by atoms with Crippen LogP contribution in [0.25, 0.3) is 0 Å². The Balaban J connectivity index is 2.02. The molecule has 0 fully saturated rings. The maximum Gasteiger partial charge on any atom is 0.335 e. The van der Waals surface area contributed by atoms with Crippen molar-refractivity contribution in [3.63, 3.8) is 0 Å². The quantitative estimate of drug-likeness (QED) is 0.728. The van der Waals surface area contributed by atoms with E-state index in [9.17, 15) is 9.59 Å². The Labute approximate surface area is 141 Å². The van der Waals surface area contributed by atoms with E-state index in [-0.39, 0.29) is 17.6 Å². The van der Waals surface area contributed by atoms with E-state index in [4.69, 9.17) is 9.84 Å². The largest absolute Gasteiger partial charge is 0.478 e. The molecular weight excluding hydrogens is 306 g/mol. The smallest absolute Gasteiger partial charge is 0.335 e. The lowest BCUT2D eigenvalue weighted by atomic mass is 10.0. The highest BCUT2D eigenvalue weighted by Gasteiger charge is 2.13. The van der Waals surface area contributed by atoms with Crippen molar-refractivity contribution in [2.75, 3.05) is 7.11 Å². The van der Waals surface area contributed by atoms with E-state index < -0.39 is 5.97 Å². The van der Waals surface area contributed by atoms with Crippen LogP contribution >= 0.6 is 0 Å². The van der Waals surface area contributed by atoms with E-state index in [2.05, 4.69) is 5.32 Å². The number of aromatic carboxylic acids is 1. The molecule has 0 saturated heterocycles. The minimum Gasteiger partial charge on any atom is -0.478 e. The van der Waals surface area contributed by atoms with E-state index in [1.807, 2.05) is 30.3 Å². The highest BCUT2D eigenvalue weighted by atomic mass is 16.5. The van der Waals surface area contributed by atoms with Gasteiger partial charge in [0.25, 0.3) is 0 Å². The first-order valence-corrected chi connectivity index (χ1v) is 7.77. The molecule has 2 rings (SSSR count). The van der Waals surface area contributed by atoms with E-state index >= 15 is 0 Å². The number of benzene rings is 2. The lowest BCUT2D eigenvalue weighted by Gasteiger charge is -2.19. The summed E-state index contributed by atoms with van der Waals surface area (Å²) in [6, 6.07) is 16.7. The van der Waals surface area contributed by atoms with Gasteiger partial charge in [-0.25, -0.2) is 4.79 Å². The van der Waals surface area contributed by atoms with Gasteiger partial charge >= 0.3 is 11.9 Å². The van der Waals surface area contributed by atoms with Crippen LogP contribution in [0.5, 0.6) is 0 Å². The third kappa shape index (κ3) is 5.21. The molecule has 0 aliphatic heterocycles. The number of esters is 1. The fraction of sp³-hybridized carbons (Fsp3) is 0.263. The average Bonchev–Trinajstić information content (AvgIpc) is 2.62. The van der Waals surface area contributed by atoms with Gasteiger partial charge in [-0.05, 0) is 29.7 Å². The number of ether oxygens (including phenoxy) is 1. The number of nitrogens with one attached hydrogen (secondary N) is 1. The van der Waals surface area contributed by atoms with Gasteiger partial charge in [0.05, 0.1) is 12.7 Å². The van der Waals surface area contributed by atoms with Gasteiger partial charge in [-0.15, -0.1) is 0 Å². The third-order valence-corrected chi connectivity index (χ3v) is 3.82. The molecule has 1 atom stereocenters. The molecule has 0 radical (unpaired) electrons. The van der Waals surface area contributed by atoms with Crippen LogP contribution in [0.4, 0.5) is 0 Å². The number of carboxylic acids is 1. The number of carboxylic acid groups (broad SMARTS) is 1. The molecule has 24 heavy (non-hydrogen) atoms. The molecule has 0 aliphatic carbocycles. The summed E-state index contributed by atoms with van der Waals surface area (Å²) in [7, 11) is 1.39. The fourth-order valence-electron chi connectivity index (χ4n) is 2.44. The van der Waals surface area contributed by atoms with E-state index in [0.29, 0.717) is 19.4 Å². The maximum absolute atomic E-state index is 11.4. The molecular formula is C19H21NO4. The first-order valence-electron chi connectivity index (χ1n) is 7.77. The van der Waals surface area contributed by atoms with Crippen molar-refractivity contribution in [1.82, 2.24) is 5.32 Å². The summed E-state index contributed by atoms with van der Waals surface area (Å²) in [5, 5.41) is 12.4. The average molecular weight is 327 g/mol. The van der Waals surface area contributed by atoms with Crippen molar-refractivity contribution < 1.29 is 19.4 Å². The van der Waals surface area contributed by atoms with Crippen LogP contribution in [-0.2, 0) is 16.1 Å². The summed E-state index contributed by atoms with van der Waals surface area (Å²) in [5.74, 6) is -1.17. The predicted molar refractivity (Wildman–Crippen MR) is 90.7 cm³/mol. The molecule has 126 valence electrons. The second kappa shape index (κ2) is 8.84. The Bertz CT molecular complexity index is 668. The van der Waals surface area contributed by atoms with Crippen molar-refractivity contribution in [1.29, 1.82) is 0 Å². The van der Waals surface area contributed by atoms with Gasteiger partial charge in [0, 0.05) is 19.0 Å². The van der Waals surface area contributed by atoms with Gasteiger partial charge < -0.3 is 15.2 Å². The maximum atomic E-state index is 11.4. The van der Waals surface area contributed by atoms with Crippen molar-refractivity contribution in [2.24, 2.45) is 0 Å². The van der Waals surface area contributed by atoms with Gasteiger partial charge in [-0.3, -0.25) is 4.79 Å². The molecule has 0 saturated carbocycles. The molecule has 1 unspecified atom stereocenters. The summed E-state index contributed by atoms with van der Waals surface area (Å²) in [5.41, 5.74) is 2.35. The third-order valence-electron chi connectivity index (χ3n) is 3.82. The molecule has 0 aliphatic rings. The van der Waals surface area contributed by atoms with Crippen LogP contribution in [0.3, 0.4) is 0 Å². The second-order valence-corrected chi connectivity index (χ2v) is 5.46. The first kappa shape index (κ1) is 17.7. The standard InChI is InChI=1S/C19H21NO4/c1-24-18(21)12-11-17(15-5-3-2-4-6-15)20-13-14-7-9-16(10-8-14)19(22)23/h2-10,17,20H,11-13H2,1H3,(H,22,23). The molecule has 5 heteroatoms. The molecule has 2 N–H and O–H groups in total. The second-order valence-electron chi connectivity index (χ2n) is 5.46. The molecule has 0 heterocycles. The summed E-state index contributed by atoms with van der Waals surface area (Å²) in [6.45, 7) is 0.584. The van der Waals surface area contributed by atoms with Gasteiger partial charge in [-0.1, -0.05) is 42.5 Å². The van der Waals surface area contributed by atoms with Crippen LogP contribution in [0, 0.1) is 0 Å². The molecule has 5 nitrogen and oxygen atoms in total. The topological polar surface area (TPSA) is 75.6 Å². The van der Waals surface area contributed by atoms with Crippen LogP contribution in [0.15, 0.2) is 54.6 Å². The Morgan fingerprint density at radius 3 is 2.33 bits per heavy atom. The highest BCUT2D eigenvalue weighted by Crippen LogP contribution is 2.19. The molecule has 2 aromatic carbocycles. The van der Waals surface area contributed by atoms with Crippen LogP contribution in [0.1, 0.15) is 40.4 Å². The Morgan fingerprint density at radius 1 is 1.08 bits per heavy atom. The molecule has 2 aromatic rings. The Morgan fingerprint density at radius 2 is 1.75 bits per heavy atom. The fourth-order valence-corrected chi connectivity index (χ4v) is 2.44. The molecule has 0 amide bonds. The van der Waals surface area contributed by atoms with Crippen LogP contribution in [-0.4, -0.2) is 24.2 Å². The highest BCUT2D eigenvalue weighted by molar-refractivity contribution is 5.87. The number of methoxy groups -OCH3 is 1. The number of hydrogen-bond acceptors (Lipinski definition) is 4. The van der Waals surface area contributed by atoms with E-state index in [1.165, 1.54) is 7.11 Å². The minimum atomic E-state index is -0.935. The zero-order valence-corrected chi connectivity index (χ0v) is 13.6. The van der Waals surface area contributed by atoms with Crippen molar-refractivity contribution in [2.45, 2.75) is 25.4 Å². The van der Waals surface area contributed by atoms with Crippen LogP contribution in [0.2, 0.25) is 0 Å². The van der Waals surface area contributed by atoms with Crippen molar-refractivity contribution in [3.8, 4) is 0 Å². The van der Waals surface area contributed by atoms with Gasteiger partial charge in [0.1, 0.15) is 0 Å². The predicted octanol–water partition coefficient (Wildman–Crippen LogP) is 3.17. The normalized spacial score (nSPS) is 11.7. The molecule has 0 aromatic heterocycles. The SMILES string of the molecule is COC(=O)CCC(NCc1ccc(C(=O)O)cc1)c1ccccc1. The minimum absolute atomic E-state index is 0.0180. The summed E-state index contributed by atoms with van der Waals surface area (Å²) in [4.78, 5) is 22.3. The monoisotopic (exact) mass is 327 g/mol. The lowest BCUT2D eigenvalue weighted by molar-refractivity contribution is -0.140. The van der Waals surface area contributed by atoms with Crippen LogP contribution < -0.4 is 5.32 Å². The zero-order chi connectivity index (χ0) is 17.4. The summed E-state index contributed by atoms with van der Waals surface area (Å²) in [6.07, 6.45) is 0.963. The van der Waals surface area contributed by atoms with Gasteiger partial charge in [0.2, 0.25) is 0 Å². The first-order chi connectivity index (χ1) is 11.6. The van der Waals surface area contributed by atoms with E-state index in [0.717, 1.165) is 11.1 Å². The van der Waals surface area contributed by atoms with Gasteiger partial charge in [-0.2, -0.15) is 0 Å². The van der Waals surface area contributed by atoms with Gasteiger partial charge in [0.15, 0.2) is 0 Å². The number of carbonyl (C=O) groups is 2. The summed E-state index contributed by atoms with van der Waals surface area (Å²) < 4.78 is 4.71. The molecule has 0 bridgehead atoms. The summed E-state index contributed by atoms with van der Waals surface area (Å²) >= 11 is 0. The van der Waals surface area contributed by atoms with Crippen molar-refractivity contribution in [3.05, 3.63) is 71.3 Å². The van der Waals surface area contributed by atoms with Crippen molar-refractivity contribution >= 4 is 11.9 Å². The zero-order valence-electron chi connectivity index (χ0n) is 13.6. The number of rotatable bonds is 8. The Hall–Kier alpha value is -2.66. The number of hydrogen-bond donors (Lipinski definition) is 2. The Kier molecular flexibility index (Phi) is 6.51. The molecule has 0 spiro atoms. The lowest BCUT2D eigenvalue weighted by Crippen LogP contribution is -2.22. The van der Waals surface area contributed by atoms with E-state index in [1.54, 1.807) is 24.3 Å².